The molecule has 0 fully saturated rings. The first-order valence-corrected chi connectivity index (χ1v) is 7.45. The molecule has 0 aliphatic carbocycles. The number of carbonyl (C=O) groups is 1. The van der Waals surface area contributed by atoms with Gasteiger partial charge in [0.05, 0.1) is 12.7 Å². The van der Waals surface area contributed by atoms with E-state index < -0.39 is 0 Å². The number of ether oxygens (including phenoxy) is 1. The Balaban J connectivity index is 2.15. The molecule has 0 amide bonds. The van der Waals surface area contributed by atoms with Crippen LogP contribution in [0.2, 0.25) is 0 Å². The molecule has 0 aliphatic rings. The zero-order valence-corrected chi connectivity index (χ0v) is 14.0. The van der Waals surface area contributed by atoms with Crippen LogP contribution >= 0.6 is 15.9 Å². The Kier molecular flexibility index (Phi) is 5.02. The SMILES string of the molecule is COC(=O)c1ccc(CN(C)c2ccc(C)cc2)c(Br)c1. The Morgan fingerprint density at radius 2 is 1.86 bits per heavy atom. The summed E-state index contributed by atoms with van der Waals surface area (Å²) in [4.78, 5) is 13.7. The second kappa shape index (κ2) is 6.76. The molecular formula is C17H18BrNO2. The molecule has 4 heteroatoms. The van der Waals surface area contributed by atoms with Crippen LogP contribution in [-0.2, 0) is 11.3 Å². The number of halogens is 1. The summed E-state index contributed by atoms with van der Waals surface area (Å²) in [5.74, 6) is -0.325. The monoisotopic (exact) mass is 347 g/mol. The van der Waals surface area contributed by atoms with Crippen LogP contribution in [-0.4, -0.2) is 20.1 Å². The Bertz CT molecular complexity index is 638. The number of rotatable bonds is 4. The topological polar surface area (TPSA) is 29.5 Å². The third-order valence-corrected chi connectivity index (χ3v) is 4.09. The standard InChI is InChI=1S/C17H18BrNO2/c1-12-4-8-15(9-5-12)19(2)11-14-7-6-13(10-16(14)18)17(20)21-3/h4-10H,11H2,1-3H3. The van der Waals surface area contributed by atoms with Crippen molar-refractivity contribution >= 4 is 27.6 Å². The number of carbonyl (C=O) groups excluding carboxylic acids is 1. The zero-order chi connectivity index (χ0) is 15.4. The minimum absolute atomic E-state index is 0.325. The van der Waals surface area contributed by atoms with E-state index in [1.807, 2.05) is 13.1 Å². The van der Waals surface area contributed by atoms with E-state index in [0.717, 1.165) is 22.3 Å². The number of hydrogen-bond acceptors (Lipinski definition) is 3. The number of hydrogen-bond donors (Lipinski definition) is 0. The van der Waals surface area contributed by atoms with Crippen molar-refractivity contribution in [1.82, 2.24) is 0 Å². The summed E-state index contributed by atoms with van der Waals surface area (Å²) in [5, 5.41) is 0. The summed E-state index contributed by atoms with van der Waals surface area (Å²) < 4.78 is 5.63. The summed E-state index contributed by atoms with van der Waals surface area (Å²) in [6.45, 7) is 2.83. The van der Waals surface area contributed by atoms with E-state index in [4.69, 9.17) is 4.74 Å². The van der Waals surface area contributed by atoms with Gasteiger partial charge in [-0.15, -0.1) is 0 Å². The van der Waals surface area contributed by atoms with Crippen LogP contribution in [0.25, 0.3) is 0 Å². The van der Waals surface area contributed by atoms with Gasteiger partial charge in [0.15, 0.2) is 0 Å². The summed E-state index contributed by atoms with van der Waals surface area (Å²) in [6, 6.07) is 13.9. The number of benzene rings is 2. The third-order valence-electron chi connectivity index (χ3n) is 3.36. The van der Waals surface area contributed by atoms with Crippen LogP contribution < -0.4 is 4.90 Å². The molecule has 3 nitrogen and oxygen atoms in total. The maximum absolute atomic E-state index is 11.5. The smallest absolute Gasteiger partial charge is 0.337 e. The van der Waals surface area contributed by atoms with Gasteiger partial charge in [0.25, 0.3) is 0 Å². The average molecular weight is 348 g/mol. The lowest BCUT2D eigenvalue weighted by Gasteiger charge is -2.20. The number of aryl methyl sites for hydroxylation is 1. The second-order valence-electron chi connectivity index (χ2n) is 4.99. The van der Waals surface area contributed by atoms with E-state index in [9.17, 15) is 4.79 Å². The third kappa shape index (κ3) is 3.85. The van der Waals surface area contributed by atoms with Crippen LogP contribution in [0.5, 0.6) is 0 Å². The van der Waals surface area contributed by atoms with Gasteiger partial charge in [0, 0.05) is 23.8 Å². The van der Waals surface area contributed by atoms with Gasteiger partial charge in [0.2, 0.25) is 0 Å². The maximum Gasteiger partial charge on any atom is 0.337 e. The van der Waals surface area contributed by atoms with Crippen LogP contribution in [0.3, 0.4) is 0 Å². The fraction of sp³-hybridized carbons (Fsp3) is 0.235. The van der Waals surface area contributed by atoms with Crippen molar-refractivity contribution in [3.8, 4) is 0 Å². The van der Waals surface area contributed by atoms with E-state index in [1.165, 1.54) is 12.7 Å². The lowest BCUT2D eigenvalue weighted by molar-refractivity contribution is 0.0600. The molecule has 0 saturated carbocycles. The molecule has 0 N–H and O–H groups in total. The Morgan fingerprint density at radius 1 is 1.19 bits per heavy atom. The number of nitrogens with zero attached hydrogens (tertiary/aromatic N) is 1. The fourth-order valence-corrected chi connectivity index (χ4v) is 2.57. The van der Waals surface area contributed by atoms with Crippen LogP contribution in [0.1, 0.15) is 21.5 Å². The van der Waals surface area contributed by atoms with Crippen molar-refractivity contribution in [2.45, 2.75) is 13.5 Å². The largest absolute Gasteiger partial charge is 0.465 e. The predicted molar refractivity (Wildman–Crippen MR) is 88.8 cm³/mol. The predicted octanol–water partition coefficient (Wildman–Crippen LogP) is 4.18. The van der Waals surface area contributed by atoms with E-state index >= 15 is 0 Å². The van der Waals surface area contributed by atoms with E-state index in [0.29, 0.717) is 5.56 Å². The lowest BCUT2D eigenvalue weighted by Crippen LogP contribution is -2.16. The molecule has 0 radical (unpaired) electrons. The molecule has 0 heterocycles. The Morgan fingerprint density at radius 3 is 2.43 bits per heavy atom. The highest BCUT2D eigenvalue weighted by Crippen LogP contribution is 2.23. The van der Waals surface area contributed by atoms with Crippen LogP contribution in [0.15, 0.2) is 46.9 Å². The first kappa shape index (κ1) is 15.6. The highest BCUT2D eigenvalue weighted by atomic mass is 79.9. The molecule has 0 aliphatic heterocycles. The van der Waals surface area contributed by atoms with Crippen LogP contribution in [0, 0.1) is 6.92 Å². The summed E-state index contributed by atoms with van der Waals surface area (Å²) in [5.41, 5.74) is 4.07. The molecule has 0 saturated heterocycles. The molecule has 0 unspecified atom stereocenters. The lowest BCUT2D eigenvalue weighted by atomic mass is 10.1. The Hall–Kier alpha value is -1.81. The summed E-state index contributed by atoms with van der Waals surface area (Å²) in [6.07, 6.45) is 0. The molecule has 21 heavy (non-hydrogen) atoms. The molecule has 0 aromatic heterocycles. The van der Waals surface area contributed by atoms with Gasteiger partial charge >= 0.3 is 5.97 Å². The van der Waals surface area contributed by atoms with Crippen molar-refractivity contribution in [3.63, 3.8) is 0 Å². The Labute approximate surface area is 133 Å². The minimum Gasteiger partial charge on any atom is -0.465 e. The van der Waals surface area contributed by atoms with Crippen molar-refractivity contribution in [3.05, 3.63) is 63.6 Å². The van der Waals surface area contributed by atoms with Gasteiger partial charge in [-0.1, -0.05) is 39.7 Å². The first-order valence-electron chi connectivity index (χ1n) is 6.66. The average Bonchev–Trinajstić information content (AvgIpc) is 2.49. The van der Waals surface area contributed by atoms with Crippen molar-refractivity contribution in [2.24, 2.45) is 0 Å². The summed E-state index contributed by atoms with van der Waals surface area (Å²) >= 11 is 3.52. The number of anilines is 1. The van der Waals surface area contributed by atoms with E-state index in [-0.39, 0.29) is 5.97 Å². The number of methoxy groups -OCH3 is 1. The van der Waals surface area contributed by atoms with E-state index in [1.54, 1.807) is 12.1 Å². The summed E-state index contributed by atoms with van der Waals surface area (Å²) in [7, 11) is 3.43. The van der Waals surface area contributed by atoms with Gasteiger partial charge in [-0.05, 0) is 36.8 Å². The zero-order valence-electron chi connectivity index (χ0n) is 12.4. The quantitative estimate of drug-likeness (QED) is 0.777. The van der Waals surface area contributed by atoms with Crippen LogP contribution in [0.4, 0.5) is 5.69 Å². The molecular weight excluding hydrogens is 330 g/mol. The van der Waals surface area contributed by atoms with Crippen molar-refractivity contribution in [2.75, 3.05) is 19.1 Å². The molecule has 0 spiro atoms. The molecule has 0 atom stereocenters. The van der Waals surface area contributed by atoms with Gasteiger partial charge in [-0.25, -0.2) is 4.79 Å². The van der Waals surface area contributed by atoms with Crippen molar-refractivity contribution in [1.29, 1.82) is 0 Å². The minimum atomic E-state index is -0.325. The number of esters is 1. The molecule has 2 aromatic rings. The molecule has 2 rings (SSSR count). The second-order valence-corrected chi connectivity index (χ2v) is 5.84. The van der Waals surface area contributed by atoms with Crippen molar-refractivity contribution < 1.29 is 9.53 Å². The highest BCUT2D eigenvalue weighted by Gasteiger charge is 2.10. The molecule has 0 bridgehead atoms. The molecule has 2 aromatic carbocycles. The van der Waals surface area contributed by atoms with Gasteiger partial charge in [-0.2, -0.15) is 0 Å². The van der Waals surface area contributed by atoms with Gasteiger partial charge in [-0.3, -0.25) is 0 Å². The highest BCUT2D eigenvalue weighted by molar-refractivity contribution is 9.10. The normalized spacial score (nSPS) is 10.3. The van der Waals surface area contributed by atoms with Gasteiger partial charge < -0.3 is 9.64 Å². The first-order chi connectivity index (χ1) is 10.0. The molecule has 110 valence electrons. The maximum atomic E-state index is 11.5. The van der Waals surface area contributed by atoms with Gasteiger partial charge in [0.1, 0.15) is 0 Å². The van der Waals surface area contributed by atoms with E-state index in [2.05, 4.69) is 52.0 Å². The fourth-order valence-electron chi connectivity index (χ4n) is 2.07.